The maximum atomic E-state index is 6.02. The van der Waals surface area contributed by atoms with Crippen LogP contribution >= 0.6 is 11.6 Å². The largest absolute Gasteiger partial charge is 0.374 e. The van der Waals surface area contributed by atoms with Crippen LogP contribution in [0.15, 0.2) is 35.0 Å². The monoisotopic (exact) mass is 254 g/mol. The molecule has 0 aromatic carbocycles. The third-order valence-electron chi connectivity index (χ3n) is 2.96. The van der Waals surface area contributed by atoms with Gasteiger partial charge in [-0.1, -0.05) is 30.3 Å². The van der Waals surface area contributed by atoms with Crippen LogP contribution in [-0.2, 0) is 0 Å². The molecule has 1 saturated heterocycles. The van der Waals surface area contributed by atoms with Gasteiger partial charge in [0.15, 0.2) is 0 Å². The van der Waals surface area contributed by atoms with Crippen molar-refractivity contribution >= 4 is 11.6 Å². The number of hydrogen-bond donors (Lipinski definition) is 1. The van der Waals surface area contributed by atoms with Gasteiger partial charge in [0, 0.05) is 30.4 Å². The molecule has 96 valence electrons. The summed E-state index contributed by atoms with van der Waals surface area (Å²) >= 11 is 6.02. The third-order valence-corrected chi connectivity index (χ3v) is 3.43. The smallest absolute Gasteiger partial charge is 0.0392 e. The van der Waals surface area contributed by atoms with E-state index in [1.54, 1.807) is 0 Å². The Kier molecular flexibility index (Phi) is 6.38. The Labute approximate surface area is 110 Å². The molecule has 0 radical (unpaired) electrons. The fourth-order valence-corrected chi connectivity index (χ4v) is 1.92. The van der Waals surface area contributed by atoms with E-state index in [0.29, 0.717) is 0 Å². The number of allylic oxidation sites excluding steroid dienone is 5. The lowest BCUT2D eigenvalue weighted by Crippen LogP contribution is -2.26. The zero-order valence-electron chi connectivity index (χ0n) is 10.9. The second-order valence-corrected chi connectivity index (χ2v) is 4.91. The third kappa shape index (κ3) is 5.42. The summed E-state index contributed by atoms with van der Waals surface area (Å²) in [6.07, 6.45) is 6.34. The Morgan fingerprint density at radius 3 is 2.76 bits per heavy atom. The van der Waals surface area contributed by atoms with Gasteiger partial charge in [0.05, 0.1) is 0 Å². The molecule has 1 N–H and O–H groups in total. The Balaban J connectivity index is 2.47. The fraction of sp³-hybridized carbons (Fsp3) is 0.571. The van der Waals surface area contributed by atoms with Crippen LogP contribution in [0.25, 0.3) is 0 Å². The highest BCUT2D eigenvalue weighted by Crippen LogP contribution is 2.14. The van der Waals surface area contributed by atoms with E-state index in [1.807, 2.05) is 13.0 Å². The number of halogens is 1. The molecule has 0 saturated carbocycles. The van der Waals surface area contributed by atoms with Crippen molar-refractivity contribution in [3.63, 3.8) is 0 Å². The van der Waals surface area contributed by atoms with Crippen LogP contribution < -0.4 is 5.32 Å². The highest BCUT2D eigenvalue weighted by molar-refractivity contribution is 6.31. The van der Waals surface area contributed by atoms with Crippen molar-refractivity contribution in [1.82, 2.24) is 10.2 Å². The van der Waals surface area contributed by atoms with Gasteiger partial charge >= 0.3 is 0 Å². The van der Waals surface area contributed by atoms with Crippen LogP contribution in [0, 0.1) is 0 Å². The Morgan fingerprint density at radius 1 is 1.29 bits per heavy atom. The van der Waals surface area contributed by atoms with Gasteiger partial charge in [-0.25, -0.2) is 0 Å². The van der Waals surface area contributed by atoms with E-state index in [0.717, 1.165) is 43.2 Å². The summed E-state index contributed by atoms with van der Waals surface area (Å²) in [6.45, 7) is 12.4. The summed E-state index contributed by atoms with van der Waals surface area (Å²) < 4.78 is 0. The summed E-state index contributed by atoms with van der Waals surface area (Å²) in [5.74, 6) is 0. The molecular formula is C14H23ClN2. The number of rotatable bonds is 4. The van der Waals surface area contributed by atoms with Crippen molar-refractivity contribution in [2.75, 3.05) is 26.2 Å². The lowest BCUT2D eigenvalue weighted by atomic mass is 10.2. The maximum absolute atomic E-state index is 6.02. The van der Waals surface area contributed by atoms with Gasteiger partial charge in [0.1, 0.15) is 0 Å². The van der Waals surface area contributed by atoms with Gasteiger partial charge in [-0.15, -0.1) is 0 Å². The summed E-state index contributed by atoms with van der Waals surface area (Å²) in [6, 6.07) is 0. The first-order chi connectivity index (χ1) is 8.11. The van der Waals surface area contributed by atoms with Crippen LogP contribution in [0.4, 0.5) is 0 Å². The predicted octanol–water partition coefficient (Wildman–Crippen LogP) is 3.27. The number of nitrogens with one attached hydrogen (secondary N) is 1. The zero-order chi connectivity index (χ0) is 12.7. The van der Waals surface area contributed by atoms with Gasteiger partial charge in [-0.3, -0.25) is 0 Å². The van der Waals surface area contributed by atoms with Gasteiger partial charge < -0.3 is 10.2 Å². The van der Waals surface area contributed by atoms with Crippen LogP contribution in [0.2, 0.25) is 0 Å². The minimum atomic E-state index is 0.770. The molecule has 2 nitrogen and oxygen atoms in total. The van der Waals surface area contributed by atoms with E-state index in [1.165, 1.54) is 12.1 Å². The zero-order valence-corrected chi connectivity index (χ0v) is 11.7. The molecule has 0 unspecified atom stereocenters. The second-order valence-electron chi connectivity index (χ2n) is 4.50. The van der Waals surface area contributed by atoms with Crippen LogP contribution in [0.3, 0.4) is 0 Å². The van der Waals surface area contributed by atoms with Crippen molar-refractivity contribution in [2.45, 2.75) is 26.7 Å². The van der Waals surface area contributed by atoms with Crippen molar-refractivity contribution in [3.05, 3.63) is 35.0 Å². The Hall–Kier alpha value is -0.730. The van der Waals surface area contributed by atoms with E-state index in [-0.39, 0.29) is 0 Å². The fourth-order valence-electron chi connectivity index (χ4n) is 1.83. The normalized spacial score (nSPS) is 19.1. The topological polar surface area (TPSA) is 15.3 Å². The van der Waals surface area contributed by atoms with Crippen LogP contribution in [-0.4, -0.2) is 31.1 Å². The first-order valence-corrected chi connectivity index (χ1v) is 6.63. The molecule has 3 heteroatoms. The minimum absolute atomic E-state index is 0.770. The van der Waals surface area contributed by atoms with Crippen LogP contribution in [0.1, 0.15) is 26.7 Å². The van der Waals surface area contributed by atoms with Crippen molar-refractivity contribution < 1.29 is 0 Å². The van der Waals surface area contributed by atoms with Gasteiger partial charge in [0.25, 0.3) is 0 Å². The van der Waals surface area contributed by atoms with Crippen molar-refractivity contribution in [1.29, 1.82) is 0 Å². The van der Waals surface area contributed by atoms with E-state index in [9.17, 15) is 0 Å². The number of hydrogen-bond acceptors (Lipinski definition) is 2. The van der Waals surface area contributed by atoms with Gasteiger partial charge in [0.2, 0.25) is 0 Å². The first kappa shape index (κ1) is 14.3. The molecule has 1 rings (SSSR count). The number of nitrogens with zero attached hydrogens (tertiary/aromatic N) is 1. The molecule has 0 aromatic heterocycles. The summed E-state index contributed by atoms with van der Waals surface area (Å²) in [5.41, 5.74) is 2.27. The van der Waals surface area contributed by atoms with E-state index >= 15 is 0 Å². The van der Waals surface area contributed by atoms with Crippen molar-refractivity contribution in [2.24, 2.45) is 0 Å². The highest BCUT2D eigenvalue weighted by atomic mass is 35.5. The lowest BCUT2D eigenvalue weighted by molar-refractivity contribution is 0.367. The highest BCUT2D eigenvalue weighted by Gasteiger charge is 2.07. The summed E-state index contributed by atoms with van der Waals surface area (Å²) in [5, 5.41) is 4.18. The van der Waals surface area contributed by atoms with Crippen molar-refractivity contribution in [3.8, 4) is 0 Å². The molecule has 0 aliphatic carbocycles. The molecule has 17 heavy (non-hydrogen) atoms. The SMILES string of the molecule is C=C(C)/C(Cl)=C\C/C=C(\C)N1CCCNCC1. The quantitative estimate of drug-likeness (QED) is 0.775. The van der Waals surface area contributed by atoms with Gasteiger partial charge in [-0.05, 0) is 38.8 Å². The minimum Gasteiger partial charge on any atom is -0.374 e. The standard InChI is InChI=1S/C14H23ClN2/c1-12(2)14(15)7-4-6-13(3)17-10-5-8-16-9-11-17/h6-7,16H,1,4-5,8-11H2,2-3H3/b13-6+,14-7+. The average Bonchev–Trinajstić information content (AvgIpc) is 2.57. The Morgan fingerprint density at radius 2 is 2.06 bits per heavy atom. The van der Waals surface area contributed by atoms with E-state index in [2.05, 4.69) is 29.8 Å². The Bertz CT molecular complexity index is 310. The van der Waals surface area contributed by atoms with E-state index in [4.69, 9.17) is 11.6 Å². The first-order valence-electron chi connectivity index (χ1n) is 6.25. The summed E-state index contributed by atoms with van der Waals surface area (Å²) in [4.78, 5) is 2.43. The van der Waals surface area contributed by atoms with Gasteiger partial charge in [-0.2, -0.15) is 0 Å². The molecule has 0 bridgehead atoms. The molecular weight excluding hydrogens is 232 g/mol. The molecule has 1 heterocycles. The molecule has 0 aromatic rings. The molecule has 0 spiro atoms. The predicted molar refractivity (Wildman–Crippen MR) is 76.2 cm³/mol. The molecule has 0 atom stereocenters. The second kappa shape index (κ2) is 7.57. The molecule has 1 aliphatic heterocycles. The average molecular weight is 255 g/mol. The molecule has 1 aliphatic rings. The van der Waals surface area contributed by atoms with Crippen LogP contribution in [0.5, 0.6) is 0 Å². The van der Waals surface area contributed by atoms with E-state index < -0.39 is 0 Å². The lowest BCUT2D eigenvalue weighted by Gasteiger charge is -2.22. The molecule has 0 amide bonds. The summed E-state index contributed by atoms with van der Waals surface area (Å²) in [7, 11) is 0. The molecule has 1 fully saturated rings. The maximum Gasteiger partial charge on any atom is 0.0392 e.